The number of hydrogen-bond acceptors (Lipinski definition) is 3. The maximum atomic E-state index is 5.81. The summed E-state index contributed by atoms with van der Waals surface area (Å²) in [5.74, 6) is 4.68. The Hall–Kier alpha value is -1.92. The summed E-state index contributed by atoms with van der Waals surface area (Å²) in [6.07, 6.45) is 13.9. The van der Waals surface area contributed by atoms with E-state index in [0.717, 1.165) is 24.3 Å². The van der Waals surface area contributed by atoms with E-state index in [2.05, 4.69) is 12.0 Å². The molecule has 2 atom stereocenters. The molecule has 1 fully saturated rings. The fraction of sp³-hybridized carbons (Fsp3) is 0.444. The smallest absolute Gasteiger partial charge is 0.189 e. The second kappa shape index (κ2) is 8.39. The third-order valence-corrected chi connectivity index (χ3v) is 3.72. The fourth-order valence-electron chi connectivity index (χ4n) is 2.57. The molecule has 3 nitrogen and oxygen atoms in total. The van der Waals surface area contributed by atoms with Crippen LogP contribution in [0.4, 0.5) is 0 Å². The van der Waals surface area contributed by atoms with Crippen molar-refractivity contribution in [2.24, 2.45) is 5.92 Å². The predicted molar refractivity (Wildman–Crippen MR) is 83.3 cm³/mol. The zero-order chi connectivity index (χ0) is 14.9. The van der Waals surface area contributed by atoms with Gasteiger partial charge < -0.3 is 14.2 Å². The molecule has 0 amide bonds. The van der Waals surface area contributed by atoms with E-state index >= 15 is 0 Å². The molecule has 1 aliphatic rings. The van der Waals surface area contributed by atoms with E-state index in [1.54, 1.807) is 13.2 Å². The van der Waals surface area contributed by atoms with Gasteiger partial charge in [-0.3, -0.25) is 0 Å². The molecule has 0 N–H and O–H groups in total. The summed E-state index contributed by atoms with van der Waals surface area (Å²) in [6.45, 7) is 0.280. The first kappa shape index (κ1) is 15.5. The molecule has 2 rings (SSSR count). The van der Waals surface area contributed by atoms with Gasteiger partial charge in [0.05, 0.1) is 13.2 Å². The van der Waals surface area contributed by atoms with Crippen LogP contribution in [0.15, 0.2) is 36.4 Å². The van der Waals surface area contributed by atoms with E-state index in [0.29, 0.717) is 5.92 Å². The van der Waals surface area contributed by atoms with E-state index in [9.17, 15) is 0 Å². The number of methoxy groups -OCH3 is 1. The Bertz CT molecular complexity index is 484. The minimum absolute atomic E-state index is 0.254. The molecular formula is C18H22O3. The highest BCUT2D eigenvalue weighted by molar-refractivity contribution is 5.30. The Morgan fingerprint density at radius 2 is 2.00 bits per heavy atom. The molecule has 0 heterocycles. The minimum atomic E-state index is 0.254. The lowest BCUT2D eigenvalue weighted by molar-refractivity contribution is -0.0548. The summed E-state index contributed by atoms with van der Waals surface area (Å²) in [5, 5.41) is 0. The Morgan fingerprint density at radius 3 is 2.71 bits per heavy atom. The van der Waals surface area contributed by atoms with Crippen LogP contribution < -0.4 is 9.47 Å². The van der Waals surface area contributed by atoms with Gasteiger partial charge in [0.25, 0.3) is 0 Å². The molecule has 21 heavy (non-hydrogen) atoms. The van der Waals surface area contributed by atoms with E-state index < -0.39 is 0 Å². The third-order valence-electron chi connectivity index (χ3n) is 3.72. The van der Waals surface area contributed by atoms with Crippen LogP contribution in [0, 0.1) is 18.3 Å². The van der Waals surface area contributed by atoms with Crippen LogP contribution in [0.3, 0.4) is 0 Å². The summed E-state index contributed by atoms with van der Waals surface area (Å²) in [6, 6.07) is 7.50. The number of ether oxygens (including phenoxy) is 3. The van der Waals surface area contributed by atoms with Crippen LogP contribution in [0.5, 0.6) is 11.5 Å². The summed E-state index contributed by atoms with van der Waals surface area (Å²) < 4.78 is 16.5. The topological polar surface area (TPSA) is 27.7 Å². The van der Waals surface area contributed by atoms with E-state index in [1.165, 1.54) is 12.8 Å². The van der Waals surface area contributed by atoms with Crippen LogP contribution >= 0.6 is 0 Å². The highest BCUT2D eigenvalue weighted by atomic mass is 16.7. The number of benzene rings is 1. The largest absolute Gasteiger partial charge is 0.497 e. The number of terminal acetylenes is 1. The van der Waals surface area contributed by atoms with Gasteiger partial charge in [0.2, 0.25) is 0 Å². The van der Waals surface area contributed by atoms with E-state index in [1.807, 2.05) is 24.3 Å². The summed E-state index contributed by atoms with van der Waals surface area (Å²) in [7, 11) is 1.65. The lowest BCUT2D eigenvalue weighted by Crippen LogP contribution is -2.23. The highest BCUT2D eigenvalue weighted by Gasteiger charge is 2.20. The number of rotatable bonds is 6. The Balaban J connectivity index is 1.72. The van der Waals surface area contributed by atoms with Gasteiger partial charge in [0, 0.05) is 0 Å². The summed E-state index contributed by atoms with van der Waals surface area (Å²) >= 11 is 0. The standard InChI is InChI=1S/C18H22O3/c1-3-4-6-15-7-5-8-18(13-15)21-14-20-17-11-9-16(19-2)10-12-17/h1,4,6,9-12,15,18H,5,7-8,13-14H2,2H3/b6-4-/t15-,18+/m1/s1. The Morgan fingerprint density at radius 1 is 1.24 bits per heavy atom. The van der Waals surface area contributed by atoms with Crippen LogP contribution in [0.2, 0.25) is 0 Å². The van der Waals surface area contributed by atoms with Crippen molar-refractivity contribution in [2.75, 3.05) is 13.9 Å². The summed E-state index contributed by atoms with van der Waals surface area (Å²) in [4.78, 5) is 0. The van der Waals surface area contributed by atoms with Crippen molar-refractivity contribution >= 4 is 0 Å². The van der Waals surface area contributed by atoms with Gasteiger partial charge >= 0.3 is 0 Å². The molecule has 1 aliphatic carbocycles. The van der Waals surface area contributed by atoms with Crippen molar-refractivity contribution in [2.45, 2.75) is 31.8 Å². The lowest BCUT2D eigenvalue weighted by atomic mass is 9.87. The average Bonchev–Trinajstić information content (AvgIpc) is 2.54. The van der Waals surface area contributed by atoms with E-state index in [4.69, 9.17) is 20.6 Å². The molecule has 0 bridgehead atoms. The van der Waals surface area contributed by atoms with Crippen molar-refractivity contribution in [1.82, 2.24) is 0 Å². The van der Waals surface area contributed by atoms with Crippen molar-refractivity contribution in [3.8, 4) is 23.8 Å². The Kier molecular flexibility index (Phi) is 6.18. The van der Waals surface area contributed by atoms with Gasteiger partial charge in [-0.05, 0) is 55.5 Å². The van der Waals surface area contributed by atoms with Crippen LogP contribution in [0.25, 0.3) is 0 Å². The van der Waals surface area contributed by atoms with Gasteiger partial charge in [-0.15, -0.1) is 6.42 Å². The molecule has 0 aliphatic heterocycles. The van der Waals surface area contributed by atoms with Crippen molar-refractivity contribution in [3.05, 3.63) is 36.4 Å². The first-order valence-electron chi connectivity index (χ1n) is 7.33. The minimum Gasteiger partial charge on any atom is -0.497 e. The van der Waals surface area contributed by atoms with Crippen molar-refractivity contribution < 1.29 is 14.2 Å². The quantitative estimate of drug-likeness (QED) is 0.588. The lowest BCUT2D eigenvalue weighted by Gasteiger charge is -2.27. The van der Waals surface area contributed by atoms with Gasteiger partial charge in [-0.2, -0.15) is 0 Å². The van der Waals surface area contributed by atoms with Gasteiger partial charge in [-0.25, -0.2) is 0 Å². The van der Waals surface area contributed by atoms with Gasteiger partial charge in [-0.1, -0.05) is 18.4 Å². The first-order valence-corrected chi connectivity index (χ1v) is 7.33. The highest BCUT2D eigenvalue weighted by Crippen LogP contribution is 2.27. The van der Waals surface area contributed by atoms with Gasteiger partial charge in [0.15, 0.2) is 6.79 Å². The molecular weight excluding hydrogens is 264 g/mol. The molecule has 1 aromatic rings. The molecule has 0 radical (unpaired) electrons. The van der Waals surface area contributed by atoms with Crippen molar-refractivity contribution in [1.29, 1.82) is 0 Å². The number of allylic oxidation sites excluding steroid dienone is 2. The second-order valence-corrected chi connectivity index (χ2v) is 5.18. The molecule has 0 spiro atoms. The SMILES string of the molecule is C#C/C=C\[C@@H]1CCC[C@H](OCOc2ccc(OC)cc2)C1. The first-order chi connectivity index (χ1) is 10.3. The van der Waals surface area contributed by atoms with Crippen LogP contribution in [-0.2, 0) is 4.74 Å². The monoisotopic (exact) mass is 286 g/mol. The van der Waals surface area contributed by atoms with E-state index in [-0.39, 0.29) is 12.9 Å². The molecule has 112 valence electrons. The molecule has 1 aromatic carbocycles. The van der Waals surface area contributed by atoms with Crippen LogP contribution in [0.1, 0.15) is 25.7 Å². The maximum absolute atomic E-state index is 5.81. The maximum Gasteiger partial charge on any atom is 0.189 e. The number of hydrogen-bond donors (Lipinski definition) is 0. The fourth-order valence-corrected chi connectivity index (χ4v) is 2.57. The second-order valence-electron chi connectivity index (χ2n) is 5.18. The Labute approximate surface area is 126 Å². The molecule has 0 saturated heterocycles. The normalized spacial score (nSPS) is 21.9. The zero-order valence-corrected chi connectivity index (χ0v) is 12.5. The third kappa shape index (κ3) is 5.17. The molecule has 0 aromatic heterocycles. The van der Waals surface area contributed by atoms with Crippen LogP contribution in [-0.4, -0.2) is 20.0 Å². The van der Waals surface area contributed by atoms with Gasteiger partial charge in [0.1, 0.15) is 11.5 Å². The average molecular weight is 286 g/mol. The molecule has 0 unspecified atom stereocenters. The molecule has 3 heteroatoms. The molecule has 1 saturated carbocycles. The summed E-state index contributed by atoms with van der Waals surface area (Å²) in [5.41, 5.74) is 0. The zero-order valence-electron chi connectivity index (χ0n) is 12.5. The predicted octanol–water partition coefficient (Wildman–Crippen LogP) is 3.80. The van der Waals surface area contributed by atoms with Crippen molar-refractivity contribution in [3.63, 3.8) is 0 Å².